The number of aromatic carboxylic acids is 1. The van der Waals surface area contributed by atoms with E-state index in [0.29, 0.717) is 8.04 Å². The Morgan fingerprint density at radius 1 is 1.29 bits per heavy atom. The summed E-state index contributed by atoms with van der Waals surface area (Å²) in [6.45, 7) is 0. The standard InChI is InChI=1S/C11H5Br2IO3/c12-7-3-1-2-5-4-6(11(15)16)10(14-17)9(13)8(5)7/h1-4H,(H,15,16). The molecule has 88 valence electrons. The molecule has 0 aromatic heterocycles. The van der Waals surface area contributed by atoms with E-state index in [4.69, 9.17) is 5.11 Å². The van der Waals surface area contributed by atoms with Gasteiger partial charge in [0.2, 0.25) is 0 Å². The lowest BCUT2D eigenvalue weighted by atomic mass is 10.1. The van der Waals surface area contributed by atoms with Crippen LogP contribution in [0.2, 0.25) is 0 Å². The molecule has 0 spiro atoms. The maximum Gasteiger partial charge on any atom is 0.336 e. The smallest absolute Gasteiger partial charge is 0.336 e. The normalized spacial score (nSPS) is 10.7. The minimum absolute atomic E-state index is 0.102. The predicted molar refractivity (Wildman–Crippen MR) is 79.7 cm³/mol. The summed E-state index contributed by atoms with van der Waals surface area (Å²) in [7, 11) is 0. The highest BCUT2D eigenvalue weighted by Gasteiger charge is 2.18. The molecule has 0 amide bonds. The number of carboxylic acid groups (broad SMARTS) is 1. The molecule has 0 radical (unpaired) electrons. The molecule has 0 bridgehead atoms. The van der Waals surface area contributed by atoms with E-state index in [1.165, 1.54) is 0 Å². The molecule has 1 N–H and O–H groups in total. The topological polar surface area (TPSA) is 54.4 Å². The van der Waals surface area contributed by atoms with Crippen molar-refractivity contribution < 1.29 is 13.0 Å². The summed E-state index contributed by atoms with van der Waals surface area (Å²) < 4.78 is 13.1. The van der Waals surface area contributed by atoms with Gasteiger partial charge in [0.1, 0.15) is 0 Å². The van der Waals surface area contributed by atoms with Crippen LogP contribution < -0.4 is 0 Å². The third kappa shape index (κ3) is 2.30. The first-order chi connectivity index (χ1) is 8.06. The number of hydrogen-bond donors (Lipinski definition) is 1. The molecule has 0 aliphatic carbocycles. The fourth-order valence-electron chi connectivity index (χ4n) is 1.57. The SMILES string of the molecule is O=Ic1c(C(=O)O)cc2cccc(Br)c2c1Br. The quantitative estimate of drug-likeness (QED) is 0.654. The zero-order valence-electron chi connectivity index (χ0n) is 8.21. The van der Waals surface area contributed by atoms with Crippen molar-refractivity contribution in [3.8, 4) is 0 Å². The molecule has 2 aromatic carbocycles. The molecule has 6 heteroatoms. The first-order valence-electron chi connectivity index (χ1n) is 4.47. The number of carboxylic acids is 1. The Labute approximate surface area is 124 Å². The van der Waals surface area contributed by atoms with Gasteiger partial charge in [0.25, 0.3) is 0 Å². The molecule has 2 aromatic rings. The molecule has 0 unspecified atom stereocenters. The van der Waals surface area contributed by atoms with Crippen LogP contribution in [0, 0.1) is 3.57 Å². The van der Waals surface area contributed by atoms with E-state index in [1.807, 2.05) is 18.2 Å². The van der Waals surface area contributed by atoms with Crippen molar-refractivity contribution in [3.63, 3.8) is 0 Å². The molecule has 0 aliphatic heterocycles. The minimum atomic E-state index is -1.55. The second kappa shape index (κ2) is 5.11. The Hall–Kier alpha value is -0.340. The molecule has 17 heavy (non-hydrogen) atoms. The number of benzene rings is 2. The fourth-order valence-corrected chi connectivity index (χ4v) is 4.57. The van der Waals surface area contributed by atoms with E-state index in [1.54, 1.807) is 6.07 Å². The van der Waals surface area contributed by atoms with Gasteiger partial charge in [0.05, 0.1) is 9.13 Å². The Balaban J connectivity index is 2.98. The van der Waals surface area contributed by atoms with Gasteiger partial charge >= 0.3 is 5.97 Å². The van der Waals surface area contributed by atoms with Crippen LogP contribution in [0.3, 0.4) is 0 Å². The van der Waals surface area contributed by atoms with E-state index >= 15 is 0 Å². The Kier molecular flexibility index (Phi) is 3.94. The van der Waals surface area contributed by atoms with Crippen molar-refractivity contribution >= 4 is 69.8 Å². The first-order valence-corrected chi connectivity index (χ1v) is 8.02. The Morgan fingerprint density at radius 2 is 2.00 bits per heavy atom. The molecule has 0 saturated heterocycles. The average Bonchev–Trinajstić information content (AvgIpc) is 2.28. The van der Waals surface area contributed by atoms with Crippen molar-refractivity contribution in [2.24, 2.45) is 0 Å². The third-order valence-electron chi connectivity index (χ3n) is 2.30. The summed E-state index contributed by atoms with van der Waals surface area (Å²) in [5.74, 6) is -1.06. The third-order valence-corrected chi connectivity index (χ3v) is 6.06. The van der Waals surface area contributed by atoms with E-state index in [2.05, 4.69) is 31.9 Å². The Morgan fingerprint density at radius 3 is 2.59 bits per heavy atom. The van der Waals surface area contributed by atoms with Crippen LogP contribution in [-0.4, -0.2) is 11.1 Å². The van der Waals surface area contributed by atoms with Crippen LogP contribution in [0.25, 0.3) is 10.8 Å². The van der Waals surface area contributed by atoms with Crippen LogP contribution in [0.15, 0.2) is 33.2 Å². The number of carbonyl (C=O) groups is 1. The second-order valence-corrected chi connectivity index (χ2v) is 6.44. The minimum Gasteiger partial charge on any atom is -0.478 e. The van der Waals surface area contributed by atoms with Crippen LogP contribution in [0.5, 0.6) is 0 Å². The average molecular weight is 472 g/mol. The van der Waals surface area contributed by atoms with Gasteiger partial charge in [-0.15, -0.1) is 0 Å². The second-order valence-electron chi connectivity index (χ2n) is 3.27. The molecular formula is C11H5Br2IO3. The molecule has 0 aliphatic rings. The predicted octanol–water partition coefficient (Wildman–Crippen LogP) is 4.55. The summed E-state index contributed by atoms with van der Waals surface area (Å²) in [6.07, 6.45) is 0. The van der Waals surface area contributed by atoms with Gasteiger partial charge in [-0.3, -0.25) is 3.07 Å². The maximum atomic E-state index is 11.2. The van der Waals surface area contributed by atoms with E-state index in [-0.39, 0.29) is 5.56 Å². The van der Waals surface area contributed by atoms with Gasteiger partial charge in [-0.1, -0.05) is 28.1 Å². The highest BCUT2D eigenvalue weighted by Crippen LogP contribution is 2.37. The molecular weight excluding hydrogens is 467 g/mol. The number of hydrogen-bond acceptors (Lipinski definition) is 2. The molecule has 0 heterocycles. The van der Waals surface area contributed by atoms with Crippen LogP contribution in [0.1, 0.15) is 10.4 Å². The molecule has 3 nitrogen and oxygen atoms in total. The summed E-state index contributed by atoms with van der Waals surface area (Å²) in [5.41, 5.74) is 0.102. The van der Waals surface area contributed by atoms with E-state index in [9.17, 15) is 7.86 Å². The Bertz CT molecular complexity index is 640. The van der Waals surface area contributed by atoms with Gasteiger partial charge in [-0.05, 0) is 33.4 Å². The van der Waals surface area contributed by atoms with E-state index in [0.717, 1.165) is 15.2 Å². The van der Waals surface area contributed by atoms with Crippen molar-refractivity contribution in [2.45, 2.75) is 0 Å². The van der Waals surface area contributed by atoms with E-state index < -0.39 is 27.2 Å². The van der Waals surface area contributed by atoms with Crippen molar-refractivity contribution in [1.82, 2.24) is 0 Å². The van der Waals surface area contributed by atoms with Crippen LogP contribution >= 0.6 is 53.1 Å². The molecule has 2 rings (SSSR count). The first kappa shape index (κ1) is 13.1. The lowest BCUT2D eigenvalue weighted by Crippen LogP contribution is -2.01. The summed E-state index contributed by atoms with van der Waals surface area (Å²) in [4.78, 5) is 11.1. The van der Waals surface area contributed by atoms with Gasteiger partial charge in [-0.25, -0.2) is 4.79 Å². The van der Waals surface area contributed by atoms with Gasteiger partial charge in [0, 0.05) is 14.3 Å². The van der Waals surface area contributed by atoms with Crippen molar-refractivity contribution in [3.05, 3.63) is 42.3 Å². The molecule has 0 atom stereocenters. The molecule has 0 fully saturated rings. The monoisotopic (exact) mass is 470 g/mol. The van der Waals surface area contributed by atoms with Crippen molar-refractivity contribution in [1.29, 1.82) is 0 Å². The summed E-state index contributed by atoms with van der Waals surface area (Å²) in [5, 5.41) is 10.7. The lowest BCUT2D eigenvalue weighted by Gasteiger charge is -2.08. The van der Waals surface area contributed by atoms with Crippen molar-refractivity contribution in [2.75, 3.05) is 0 Å². The number of halogens is 3. The van der Waals surface area contributed by atoms with Crippen LogP contribution in [-0.2, 0) is 3.07 Å². The maximum absolute atomic E-state index is 11.2. The fraction of sp³-hybridized carbons (Fsp3) is 0. The summed E-state index contributed by atoms with van der Waals surface area (Å²) >= 11 is 5.20. The zero-order chi connectivity index (χ0) is 12.6. The summed E-state index contributed by atoms with van der Waals surface area (Å²) in [6, 6.07) is 7.07. The zero-order valence-corrected chi connectivity index (χ0v) is 13.5. The number of fused-ring (bicyclic) bond motifs is 1. The van der Waals surface area contributed by atoms with Gasteiger partial charge in [0.15, 0.2) is 21.2 Å². The largest absolute Gasteiger partial charge is 0.478 e. The van der Waals surface area contributed by atoms with Gasteiger partial charge in [-0.2, -0.15) is 0 Å². The number of rotatable bonds is 2. The highest BCUT2D eigenvalue weighted by atomic mass is 127. The van der Waals surface area contributed by atoms with Gasteiger partial charge < -0.3 is 5.11 Å². The lowest BCUT2D eigenvalue weighted by molar-refractivity contribution is 0.0696. The molecule has 0 saturated carbocycles. The highest BCUT2D eigenvalue weighted by molar-refractivity contribution is 14.1. The van der Waals surface area contributed by atoms with Crippen LogP contribution in [0.4, 0.5) is 0 Å².